The lowest BCUT2D eigenvalue weighted by atomic mass is 10.0. The molecule has 2 saturated heterocycles. The normalized spacial score (nSPS) is 19.5. The van der Waals surface area contributed by atoms with E-state index >= 15 is 0 Å². The number of carbonyl (C=O) groups excluding carboxylic acids is 1. The number of morpholine rings is 1. The van der Waals surface area contributed by atoms with Gasteiger partial charge in [-0.1, -0.05) is 12.1 Å². The zero-order valence-corrected chi connectivity index (χ0v) is 16.3. The quantitative estimate of drug-likeness (QED) is 0.800. The van der Waals surface area contributed by atoms with Crippen LogP contribution in [0.2, 0.25) is 0 Å². The molecule has 0 aromatic carbocycles. The maximum atomic E-state index is 13.5. The van der Waals surface area contributed by atoms with E-state index in [1.54, 1.807) is 6.20 Å². The predicted molar refractivity (Wildman–Crippen MR) is 107 cm³/mol. The van der Waals surface area contributed by atoms with Crippen LogP contribution in [0.15, 0.2) is 42.9 Å². The molecule has 4 rings (SSSR count). The van der Waals surface area contributed by atoms with Gasteiger partial charge in [-0.3, -0.25) is 14.7 Å². The Bertz CT molecular complexity index is 786. The van der Waals surface area contributed by atoms with E-state index in [1.807, 2.05) is 35.5 Å². The molecule has 2 fully saturated rings. The second-order valence-corrected chi connectivity index (χ2v) is 7.29. The van der Waals surface area contributed by atoms with Crippen LogP contribution in [0.1, 0.15) is 17.2 Å². The van der Waals surface area contributed by atoms with E-state index in [2.05, 4.69) is 32.8 Å². The van der Waals surface area contributed by atoms with Crippen LogP contribution >= 0.6 is 0 Å². The van der Waals surface area contributed by atoms with Crippen molar-refractivity contribution in [3.8, 4) is 0 Å². The van der Waals surface area contributed by atoms with Gasteiger partial charge in [-0.2, -0.15) is 0 Å². The van der Waals surface area contributed by atoms with Crippen LogP contribution < -0.4 is 4.90 Å². The number of carbonyl (C=O) groups is 1. The van der Waals surface area contributed by atoms with Gasteiger partial charge in [0.1, 0.15) is 11.9 Å². The van der Waals surface area contributed by atoms with Gasteiger partial charge in [0.25, 0.3) is 0 Å². The van der Waals surface area contributed by atoms with Gasteiger partial charge in [0.2, 0.25) is 5.91 Å². The summed E-state index contributed by atoms with van der Waals surface area (Å²) in [6, 6.07) is 7.65. The largest absolute Gasteiger partial charge is 0.379 e. The molecule has 2 aliphatic heterocycles. The van der Waals surface area contributed by atoms with Crippen molar-refractivity contribution < 1.29 is 9.53 Å². The molecule has 0 radical (unpaired) electrons. The lowest BCUT2D eigenvalue weighted by Gasteiger charge is -2.40. The number of hydrogen-bond donors (Lipinski definition) is 0. The lowest BCUT2D eigenvalue weighted by Crippen LogP contribution is -2.53. The molecule has 1 atom stereocenters. The van der Waals surface area contributed by atoms with E-state index in [1.165, 1.54) is 5.56 Å². The third kappa shape index (κ3) is 4.00. The second kappa shape index (κ2) is 8.67. The molecule has 1 amide bonds. The number of amides is 1. The van der Waals surface area contributed by atoms with Gasteiger partial charge in [-0.05, 0) is 30.2 Å². The Morgan fingerprint density at radius 3 is 2.46 bits per heavy atom. The smallest absolute Gasteiger partial charge is 0.244 e. The summed E-state index contributed by atoms with van der Waals surface area (Å²) in [6.07, 6.45) is 5.39. The number of hydrogen-bond acceptors (Lipinski definition) is 6. The van der Waals surface area contributed by atoms with Gasteiger partial charge in [0, 0.05) is 57.9 Å². The fraction of sp³-hybridized carbons (Fsp3) is 0.476. The molecule has 2 aromatic heterocycles. The monoisotopic (exact) mass is 381 g/mol. The van der Waals surface area contributed by atoms with Crippen molar-refractivity contribution in [1.29, 1.82) is 0 Å². The van der Waals surface area contributed by atoms with Crippen molar-refractivity contribution in [2.45, 2.75) is 13.0 Å². The number of nitrogens with zero attached hydrogens (tertiary/aromatic N) is 5. The first kappa shape index (κ1) is 18.8. The summed E-state index contributed by atoms with van der Waals surface area (Å²) in [7, 11) is 0. The average molecular weight is 381 g/mol. The molecule has 0 N–H and O–H groups in total. The van der Waals surface area contributed by atoms with Crippen LogP contribution in [0, 0.1) is 6.92 Å². The van der Waals surface area contributed by atoms with Crippen molar-refractivity contribution in [3.05, 3.63) is 54.0 Å². The summed E-state index contributed by atoms with van der Waals surface area (Å²) < 4.78 is 5.49. The summed E-state index contributed by atoms with van der Waals surface area (Å²) >= 11 is 0. The van der Waals surface area contributed by atoms with Crippen molar-refractivity contribution in [2.24, 2.45) is 0 Å². The maximum Gasteiger partial charge on any atom is 0.244 e. The fourth-order valence-corrected chi connectivity index (χ4v) is 4.00. The minimum atomic E-state index is -0.291. The highest BCUT2D eigenvalue weighted by Crippen LogP contribution is 2.25. The van der Waals surface area contributed by atoms with Crippen LogP contribution in [0.3, 0.4) is 0 Å². The number of aromatic nitrogens is 2. The molecule has 0 aliphatic carbocycles. The second-order valence-electron chi connectivity index (χ2n) is 7.29. The van der Waals surface area contributed by atoms with Crippen LogP contribution in [0.5, 0.6) is 0 Å². The summed E-state index contributed by atoms with van der Waals surface area (Å²) in [5.74, 6) is 1.18. The zero-order valence-electron chi connectivity index (χ0n) is 16.3. The number of ether oxygens (including phenoxy) is 1. The SMILES string of the molecule is Cc1cccnc1N1CCN(C(=O)C(c2cccnc2)N2CCOCC2)CC1. The summed E-state index contributed by atoms with van der Waals surface area (Å²) in [5.41, 5.74) is 2.13. The van der Waals surface area contributed by atoms with Crippen molar-refractivity contribution >= 4 is 11.7 Å². The highest BCUT2D eigenvalue weighted by Gasteiger charge is 2.34. The number of anilines is 1. The number of rotatable bonds is 4. The third-order valence-corrected chi connectivity index (χ3v) is 5.52. The van der Waals surface area contributed by atoms with Gasteiger partial charge < -0.3 is 14.5 Å². The predicted octanol–water partition coefficient (Wildman–Crippen LogP) is 1.51. The fourth-order valence-electron chi connectivity index (χ4n) is 4.00. The van der Waals surface area contributed by atoms with E-state index in [4.69, 9.17) is 4.74 Å². The molecule has 0 bridgehead atoms. The zero-order chi connectivity index (χ0) is 19.3. The topological polar surface area (TPSA) is 61.8 Å². The molecular weight excluding hydrogens is 354 g/mol. The van der Waals surface area contributed by atoms with Gasteiger partial charge >= 0.3 is 0 Å². The van der Waals surface area contributed by atoms with E-state index in [-0.39, 0.29) is 11.9 Å². The van der Waals surface area contributed by atoms with E-state index in [9.17, 15) is 4.79 Å². The van der Waals surface area contributed by atoms with E-state index < -0.39 is 0 Å². The molecule has 2 aliphatic rings. The van der Waals surface area contributed by atoms with Gasteiger partial charge in [0.15, 0.2) is 0 Å². The highest BCUT2D eigenvalue weighted by molar-refractivity contribution is 5.83. The first-order valence-corrected chi connectivity index (χ1v) is 9.91. The number of aryl methyl sites for hydroxylation is 1. The molecule has 1 unspecified atom stereocenters. The molecule has 0 spiro atoms. The number of pyridine rings is 2. The van der Waals surface area contributed by atoms with Crippen LogP contribution in [-0.4, -0.2) is 78.2 Å². The molecule has 7 nitrogen and oxygen atoms in total. The Hall–Kier alpha value is -2.51. The summed E-state index contributed by atoms with van der Waals surface area (Å²) in [4.78, 5) is 28.7. The van der Waals surface area contributed by atoms with E-state index in [0.717, 1.165) is 37.6 Å². The Labute approximate surface area is 165 Å². The minimum absolute atomic E-state index is 0.160. The maximum absolute atomic E-state index is 13.5. The molecule has 7 heteroatoms. The molecular formula is C21H27N5O2. The molecule has 4 heterocycles. The van der Waals surface area contributed by atoms with Crippen molar-refractivity contribution in [1.82, 2.24) is 19.8 Å². The first-order valence-electron chi connectivity index (χ1n) is 9.91. The third-order valence-electron chi connectivity index (χ3n) is 5.52. The Morgan fingerprint density at radius 2 is 1.79 bits per heavy atom. The van der Waals surface area contributed by atoms with Crippen LogP contribution in [0.25, 0.3) is 0 Å². The Balaban J connectivity index is 1.48. The molecule has 0 saturated carbocycles. The minimum Gasteiger partial charge on any atom is -0.379 e. The molecule has 148 valence electrons. The summed E-state index contributed by atoms with van der Waals surface area (Å²) in [5, 5.41) is 0. The Kier molecular flexibility index (Phi) is 5.83. The first-order chi connectivity index (χ1) is 13.7. The van der Waals surface area contributed by atoms with Crippen LogP contribution in [0.4, 0.5) is 5.82 Å². The summed E-state index contributed by atoms with van der Waals surface area (Å²) in [6.45, 7) is 7.94. The van der Waals surface area contributed by atoms with Crippen LogP contribution in [-0.2, 0) is 9.53 Å². The molecule has 28 heavy (non-hydrogen) atoms. The van der Waals surface area contributed by atoms with Gasteiger partial charge in [-0.25, -0.2) is 4.98 Å². The highest BCUT2D eigenvalue weighted by atomic mass is 16.5. The Morgan fingerprint density at radius 1 is 1.04 bits per heavy atom. The van der Waals surface area contributed by atoms with Gasteiger partial charge in [0.05, 0.1) is 13.2 Å². The van der Waals surface area contributed by atoms with Crippen molar-refractivity contribution in [3.63, 3.8) is 0 Å². The molecule has 2 aromatic rings. The van der Waals surface area contributed by atoms with E-state index in [0.29, 0.717) is 26.3 Å². The standard InChI is InChI=1S/C21H27N5O2/c1-17-4-2-7-23-20(17)25-8-10-26(11-9-25)21(27)19(18-5-3-6-22-16-18)24-12-14-28-15-13-24/h2-7,16,19H,8-15H2,1H3. The average Bonchev–Trinajstić information content (AvgIpc) is 2.76. The lowest BCUT2D eigenvalue weighted by molar-refractivity contribution is -0.139. The van der Waals surface area contributed by atoms with Crippen molar-refractivity contribution in [2.75, 3.05) is 57.4 Å². The number of piperazine rings is 1. The van der Waals surface area contributed by atoms with Gasteiger partial charge in [-0.15, -0.1) is 0 Å².